The summed E-state index contributed by atoms with van der Waals surface area (Å²) in [6, 6.07) is 7.05. The molecule has 0 radical (unpaired) electrons. The molecule has 21 heavy (non-hydrogen) atoms. The van der Waals surface area contributed by atoms with Crippen LogP contribution in [-0.2, 0) is 16.0 Å². The van der Waals surface area contributed by atoms with Gasteiger partial charge in [0, 0.05) is 13.0 Å². The van der Waals surface area contributed by atoms with Crippen LogP contribution in [-0.4, -0.2) is 36.4 Å². The van der Waals surface area contributed by atoms with E-state index in [9.17, 15) is 9.59 Å². The molecular weight excluding hydrogens is 272 g/mol. The number of amides is 1. The maximum absolute atomic E-state index is 11.4. The highest BCUT2D eigenvalue weighted by Crippen LogP contribution is 2.07. The summed E-state index contributed by atoms with van der Waals surface area (Å²) in [6.45, 7) is 2.68. The van der Waals surface area contributed by atoms with E-state index in [0.717, 1.165) is 5.56 Å². The van der Waals surface area contributed by atoms with E-state index >= 15 is 0 Å². The largest absolute Gasteiger partial charge is 0.480 e. The van der Waals surface area contributed by atoms with Crippen molar-refractivity contribution in [1.29, 1.82) is 0 Å². The highest BCUT2D eigenvalue weighted by Gasteiger charge is 2.10. The van der Waals surface area contributed by atoms with Crippen LogP contribution in [0.5, 0.6) is 0 Å². The lowest BCUT2D eigenvalue weighted by molar-refractivity contribution is -0.138. The summed E-state index contributed by atoms with van der Waals surface area (Å²) < 4.78 is 5.06. The van der Waals surface area contributed by atoms with Crippen LogP contribution < -0.4 is 11.1 Å². The lowest BCUT2D eigenvalue weighted by Gasteiger charge is -2.09. The smallest absolute Gasteiger partial charge is 0.407 e. The molecule has 0 saturated heterocycles. The van der Waals surface area contributed by atoms with Crippen LogP contribution in [0, 0.1) is 6.92 Å². The van der Waals surface area contributed by atoms with Crippen molar-refractivity contribution in [3.63, 3.8) is 0 Å². The summed E-state index contributed by atoms with van der Waals surface area (Å²) in [5.74, 6) is -1.03. The van der Waals surface area contributed by atoms with E-state index in [1.807, 2.05) is 31.2 Å². The van der Waals surface area contributed by atoms with Gasteiger partial charge in [-0.15, -0.1) is 0 Å². The second-order valence-corrected chi connectivity index (χ2v) is 4.83. The van der Waals surface area contributed by atoms with Crippen LogP contribution in [0.3, 0.4) is 0 Å². The molecule has 1 aromatic rings. The van der Waals surface area contributed by atoms with Crippen LogP contribution in [0.2, 0.25) is 0 Å². The van der Waals surface area contributed by atoms with E-state index < -0.39 is 18.1 Å². The number of carboxylic acids is 1. The molecule has 0 aromatic heterocycles. The van der Waals surface area contributed by atoms with Gasteiger partial charge in [0.25, 0.3) is 0 Å². The first-order chi connectivity index (χ1) is 10.0. The van der Waals surface area contributed by atoms with Crippen molar-refractivity contribution in [2.45, 2.75) is 32.2 Å². The van der Waals surface area contributed by atoms with Crippen LogP contribution in [0.15, 0.2) is 24.3 Å². The standard InChI is InChI=1S/C15H22N2O4/c1-11-5-2-3-6-12(11)8-10-21-15(20)17-9-4-7-13(16)14(18)19/h2-3,5-6,13H,4,7-10,16H2,1H3,(H,17,20)(H,18,19). The molecular formula is C15H22N2O4. The summed E-state index contributed by atoms with van der Waals surface area (Å²) in [5.41, 5.74) is 7.67. The quantitative estimate of drug-likeness (QED) is 0.630. The molecule has 1 rings (SSSR count). The summed E-state index contributed by atoms with van der Waals surface area (Å²) >= 11 is 0. The van der Waals surface area contributed by atoms with Gasteiger partial charge in [0.15, 0.2) is 0 Å². The molecule has 4 N–H and O–H groups in total. The maximum atomic E-state index is 11.4. The monoisotopic (exact) mass is 294 g/mol. The number of nitrogens with one attached hydrogen (secondary N) is 1. The van der Waals surface area contributed by atoms with Crippen molar-refractivity contribution in [1.82, 2.24) is 5.32 Å². The van der Waals surface area contributed by atoms with E-state index in [1.54, 1.807) is 0 Å². The minimum atomic E-state index is -1.03. The van der Waals surface area contributed by atoms with Gasteiger partial charge in [-0.2, -0.15) is 0 Å². The minimum absolute atomic E-state index is 0.311. The normalized spacial score (nSPS) is 11.7. The number of alkyl carbamates (subject to hydrolysis) is 1. The average Bonchev–Trinajstić information content (AvgIpc) is 2.45. The summed E-state index contributed by atoms with van der Waals surface area (Å²) in [4.78, 5) is 21.9. The Morgan fingerprint density at radius 2 is 2.10 bits per heavy atom. The van der Waals surface area contributed by atoms with Gasteiger partial charge in [-0.3, -0.25) is 4.79 Å². The Kier molecular flexibility index (Phi) is 7.25. The highest BCUT2D eigenvalue weighted by atomic mass is 16.5. The minimum Gasteiger partial charge on any atom is -0.480 e. The number of hydrogen-bond donors (Lipinski definition) is 3. The van der Waals surface area contributed by atoms with Crippen molar-refractivity contribution in [3.05, 3.63) is 35.4 Å². The number of carbonyl (C=O) groups excluding carboxylic acids is 1. The predicted octanol–water partition coefficient (Wildman–Crippen LogP) is 1.46. The van der Waals surface area contributed by atoms with E-state index in [4.69, 9.17) is 15.6 Å². The lowest BCUT2D eigenvalue weighted by Crippen LogP contribution is -2.32. The van der Waals surface area contributed by atoms with Crippen molar-refractivity contribution in [3.8, 4) is 0 Å². The number of aryl methyl sites for hydroxylation is 1. The molecule has 0 aliphatic heterocycles. The second kappa shape index (κ2) is 8.97. The first-order valence-corrected chi connectivity index (χ1v) is 6.94. The van der Waals surface area contributed by atoms with Crippen molar-refractivity contribution in [2.75, 3.05) is 13.2 Å². The molecule has 1 atom stereocenters. The second-order valence-electron chi connectivity index (χ2n) is 4.83. The van der Waals surface area contributed by atoms with Gasteiger partial charge in [-0.05, 0) is 30.9 Å². The molecule has 6 nitrogen and oxygen atoms in total. The first kappa shape index (κ1) is 17.0. The van der Waals surface area contributed by atoms with Crippen LogP contribution in [0.4, 0.5) is 4.79 Å². The van der Waals surface area contributed by atoms with E-state index in [2.05, 4.69) is 5.32 Å². The SMILES string of the molecule is Cc1ccccc1CCOC(=O)NCCCC(N)C(=O)O. The number of benzene rings is 1. The Morgan fingerprint density at radius 3 is 2.76 bits per heavy atom. The van der Waals surface area contributed by atoms with Gasteiger partial charge >= 0.3 is 12.1 Å². The topological polar surface area (TPSA) is 102 Å². The molecule has 0 aliphatic carbocycles. The Bertz CT molecular complexity index is 476. The van der Waals surface area contributed by atoms with Gasteiger partial charge in [-0.25, -0.2) is 4.79 Å². The number of carbonyl (C=O) groups is 2. The average molecular weight is 294 g/mol. The highest BCUT2D eigenvalue weighted by molar-refractivity contribution is 5.73. The van der Waals surface area contributed by atoms with Crippen molar-refractivity contribution >= 4 is 12.1 Å². The van der Waals surface area contributed by atoms with Gasteiger partial charge in [-0.1, -0.05) is 24.3 Å². The lowest BCUT2D eigenvalue weighted by atomic mass is 10.1. The predicted molar refractivity (Wildman–Crippen MR) is 79.1 cm³/mol. The van der Waals surface area contributed by atoms with Gasteiger partial charge < -0.3 is 20.9 Å². The first-order valence-electron chi connectivity index (χ1n) is 6.94. The Labute approximate surface area is 124 Å². The van der Waals surface area contributed by atoms with Crippen molar-refractivity contribution in [2.24, 2.45) is 5.73 Å². The van der Waals surface area contributed by atoms with Crippen LogP contribution in [0.25, 0.3) is 0 Å². The number of hydrogen-bond acceptors (Lipinski definition) is 4. The van der Waals surface area contributed by atoms with Crippen LogP contribution in [0.1, 0.15) is 24.0 Å². The van der Waals surface area contributed by atoms with E-state index in [0.29, 0.717) is 32.4 Å². The van der Waals surface area contributed by atoms with Crippen molar-refractivity contribution < 1.29 is 19.4 Å². The van der Waals surface area contributed by atoms with Crippen LogP contribution >= 0.6 is 0 Å². The third-order valence-corrected chi connectivity index (χ3v) is 3.14. The fourth-order valence-corrected chi connectivity index (χ4v) is 1.83. The molecule has 1 unspecified atom stereocenters. The summed E-state index contributed by atoms with van der Waals surface area (Å²) in [7, 11) is 0. The zero-order valence-corrected chi connectivity index (χ0v) is 12.2. The van der Waals surface area contributed by atoms with Gasteiger partial charge in [0.05, 0.1) is 6.61 Å². The fraction of sp³-hybridized carbons (Fsp3) is 0.467. The van der Waals surface area contributed by atoms with E-state index in [-0.39, 0.29) is 0 Å². The van der Waals surface area contributed by atoms with Gasteiger partial charge in [0.2, 0.25) is 0 Å². The summed E-state index contributed by atoms with van der Waals surface area (Å²) in [5, 5.41) is 11.2. The molecule has 116 valence electrons. The third-order valence-electron chi connectivity index (χ3n) is 3.14. The molecule has 0 aliphatic rings. The Hall–Kier alpha value is -2.08. The van der Waals surface area contributed by atoms with E-state index in [1.165, 1.54) is 5.56 Å². The number of nitrogens with two attached hydrogens (primary N) is 1. The zero-order chi connectivity index (χ0) is 15.7. The fourth-order valence-electron chi connectivity index (χ4n) is 1.83. The molecule has 0 fully saturated rings. The molecule has 0 bridgehead atoms. The van der Waals surface area contributed by atoms with Gasteiger partial charge in [0.1, 0.15) is 6.04 Å². The third kappa shape index (κ3) is 6.76. The number of rotatable bonds is 8. The molecule has 0 spiro atoms. The molecule has 0 saturated carbocycles. The zero-order valence-electron chi connectivity index (χ0n) is 12.2. The molecule has 0 heterocycles. The Morgan fingerprint density at radius 1 is 1.38 bits per heavy atom. The summed E-state index contributed by atoms with van der Waals surface area (Å²) in [6.07, 6.45) is 0.996. The molecule has 6 heteroatoms. The maximum Gasteiger partial charge on any atom is 0.407 e. The number of ether oxygens (including phenoxy) is 1. The molecule has 1 amide bonds. The number of carboxylic acid groups (broad SMARTS) is 1. The number of aliphatic carboxylic acids is 1. The molecule has 1 aromatic carbocycles. The Balaban J connectivity index is 2.12.